The molecule has 1 aromatic heterocycles. The molecule has 5 rings (SSSR count). The smallest absolute Gasteiger partial charge is 0.256 e. The Balaban J connectivity index is 1.60. The number of hydrogen-bond acceptors (Lipinski definition) is 4. The minimum atomic E-state index is -1.08. The summed E-state index contributed by atoms with van der Waals surface area (Å²) in [5.41, 5.74) is 3.42. The number of hydrogen-bond donors (Lipinski definition) is 3. The van der Waals surface area contributed by atoms with Crippen LogP contribution in [0.1, 0.15) is 33.2 Å². The van der Waals surface area contributed by atoms with Gasteiger partial charge in [0.2, 0.25) is 0 Å². The van der Waals surface area contributed by atoms with Gasteiger partial charge in [-0.2, -0.15) is 0 Å². The van der Waals surface area contributed by atoms with Gasteiger partial charge in [0.25, 0.3) is 11.5 Å². The second-order valence-corrected chi connectivity index (χ2v) is 7.77. The molecular formula is C22H20F2N4O2. The predicted molar refractivity (Wildman–Crippen MR) is 110 cm³/mol. The van der Waals surface area contributed by atoms with E-state index in [1.165, 1.54) is 5.56 Å². The van der Waals surface area contributed by atoms with E-state index in [1.807, 2.05) is 18.2 Å². The number of H-pyrrole nitrogens is 1. The van der Waals surface area contributed by atoms with Gasteiger partial charge in [0.1, 0.15) is 0 Å². The third kappa shape index (κ3) is 2.87. The molecule has 2 aromatic carbocycles. The van der Waals surface area contributed by atoms with Gasteiger partial charge >= 0.3 is 0 Å². The molecule has 3 heterocycles. The summed E-state index contributed by atoms with van der Waals surface area (Å²) in [6, 6.07) is 7.12. The van der Waals surface area contributed by atoms with Crippen molar-refractivity contribution in [2.45, 2.75) is 19.0 Å². The zero-order valence-electron chi connectivity index (χ0n) is 16.3. The van der Waals surface area contributed by atoms with Crippen LogP contribution < -0.4 is 16.2 Å². The first-order valence-electron chi connectivity index (χ1n) is 9.82. The lowest BCUT2D eigenvalue weighted by Gasteiger charge is -2.34. The minimum Gasteiger partial charge on any atom is -0.384 e. The van der Waals surface area contributed by atoms with Crippen LogP contribution in [0.3, 0.4) is 0 Å². The summed E-state index contributed by atoms with van der Waals surface area (Å²) in [6.07, 6.45) is 0.932. The number of aromatic amines is 1. The average Bonchev–Trinajstić information content (AvgIpc) is 3.21. The third-order valence-electron chi connectivity index (χ3n) is 6.01. The van der Waals surface area contributed by atoms with Crippen molar-refractivity contribution >= 4 is 22.4 Å². The molecule has 1 amide bonds. The molecule has 1 atom stereocenters. The fourth-order valence-electron chi connectivity index (χ4n) is 4.45. The van der Waals surface area contributed by atoms with Crippen molar-refractivity contribution in [3.05, 3.63) is 74.7 Å². The lowest BCUT2D eigenvalue weighted by molar-refractivity contribution is 0.0723. The van der Waals surface area contributed by atoms with Gasteiger partial charge in [0.05, 0.1) is 11.4 Å². The van der Waals surface area contributed by atoms with Crippen LogP contribution >= 0.6 is 0 Å². The molecule has 0 radical (unpaired) electrons. The van der Waals surface area contributed by atoms with E-state index in [0.717, 1.165) is 30.8 Å². The first-order chi connectivity index (χ1) is 14.4. The standard InChI is InChI=1S/C22H20F2N4O2/c1-28(22(30)12-3-2-11-4-5-26-17(11)6-12)19-10-25-9-18-20(19)13-7-15(23)16(24)8-14(13)21(29)27-18/h2-3,6-8,19,25-26H,4-5,9-10H2,1H3,(H,27,29). The zero-order valence-corrected chi connectivity index (χ0v) is 16.3. The highest BCUT2D eigenvalue weighted by molar-refractivity contribution is 5.96. The Morgan fingerprint density at radius 1 is 1.13 bits per heavy atom. The van der Waals surface area contributed by atoms with E-state index in [9.17, 15) is 18.4 Å². The highest BCUT2D eigenvalue weighted by Gasteiger charge is 2.31. The number of halogens is 2. The van der Waals surface area contributed by atoms with Crippen molar-refractivity contribution in [2.24, 2.45) is 0 Å². The van der Waals surface area contributed by atoms with Crippen LogP contribution in [0.5, 0.6) is 0 Å². The van der Waals surface area contributed by atoms with Crippen LogP contribution in [0.4, 0.5) is 14.5 Å². The number of anilines is 1. The molecule has 3 aromatic rings. The van der Waals surface area contributed by atoms with Gasteiger partial charge in [-0.1, -0.05) is 6.07 Å². The van der Waals surface area contributed by atoms with E-state index in [4.69, 9.17) is 0 Å². The van der Waals surface area contributed by atoms with Crippen molar-refractivity contribution in [2.75, 3.05) is 25.5 Å². The molecule has 6 nitrogen and oxygen atoms in total. The molecule has 1 unspecified atom stereocenters. The van der Waals surface area contributed by atoms with E-state index in [0.29, 0.717) is 35.3 Å². The average molecular weight is 410 g/mol. The fraction of sp³-hybridized carbons (Fsp3) is 0.273. The Bertz CT molecular complexity index is 1250. The molecule has 0 aliphatic carbocycles. The summed E-state index contributed by atoms with van der Waals surface area (Å²) in [7, 11) is 1.68. The molecule has 2 aliphatic rings. The highest BCUT2D eigenvalue weighted by Crippen LogP contribution is 2.33. The molecule has 154 valence electrons. The van der Waals surface area contributed by atoms with Crippen LogP contribution in [0, 0.1) is 11.6 Å². The normalized spacial score (nSPS) is 17.4. The van der Waals surface area contributed by atoms with Crippen molar-refractivity contribution in [3.63, 3.8) is 0 Å². The fourth-order valence-corrected chi connectivity index (χ4v) is 4.45. The van der Waals surface area contributed by atoms with Crippen molar-refractivity contribution < 1.29 is 13.6 Å². The molecule has 0 fully saturated rings. The van der Waals surface area contributed by atoms with Crippen LogP contribution in [0.2, 0.25) is 0 Å². The van der Waals surface area contributed by atoms with E-state index in [2.05, 4.69) is 15.6 Å². The van der Waals surface area contributed by atoms with Crippen LogP contribution in [-0.4, -0.2) is 35.9 Å². The van der Waals surface area contributed by atoms with Crippen molar-refractivity contribution in [1.82, 2.24) is 15.2 Å². The summed E-state index contributed by atoms with van der Waals surface area (Å²) in [5.74, 6) is -2.28. The van der Waals surface area contributed by atoms with E-state index < -0.39 is 23.2 Å². The molecule has 0 saturated heterocycles. The number of fused-ring (bicyclic) bond motifs is 4. The minimum absolute atomic E-state index is 0.0714. The van der Waals surface area contributed by atoms with Crippen LogP contribution in [0.15, 0.2) is 35.1 Å². The number of carbonyl (C=O) groups excluding carboxylic acids is 1. The van der Waals surface area contributed by atoms with E-state index in [1.54, 1.807) is 11.9 Å². The summed E-state index contributed by atoms with van der Waals surface area (Å²) in [4.78, 5) is 30.0. The van der Waals surface area contributed by atoms with Gasteiger partial charge in [-0.15, -0.1) is 0 Å². The number of aromatic nitrogens is 1. The topological polar surface area (TPSA) is 77.2 Å². The van der Waals surface area contributed by atoms with Gasteiger partial charge in [-0.25, -0.2) is 8.78 Å². The Hall–Kier alpha value is -3.26. The van der Waals surface area contributed by atoms with Gasteiger partial charge in [0.15, 0.2) is 11.6 Å². The van der Waals surface area contributed by atoms with Crippen LogP contribution in [-0.2, 0) is 13.0 Å². The van der Waals surface area contributed by atoms with Crippen molar-refractivity contribution in [1.29, 1.82) is 0 Å². The molecular weight excluding hydrogens is 390 g/mol. The number of benzene rings is 2. The second kappa shape index (κ2) is 6.91. The number of pyridine rings is 1. The monoisotopic (exact) mass is 410 g/mol. The summed E-state index contributed by atoms with van der Waals surface area (Å²) < 4.78 is 27.8. The molecule has 0 saturated carbocycles. The molecule has 0 bridgehead atoms. The summed E-state index contributed by atoms with van der Waals surface area (Å²) >= 11 is 0. The van der Waals surface area contributed by atoms with E-state index in [-0.39, 0.29) is 11.3 Å². The Labute approximate surface area is 170 Å². The maximum Gasteiger partial charge on any atom is 0.256 e. The molecule has 30 heavy (non-hydrogen) atoms. The SMILES string of the molecule is CN(C(=O)c1ccc2c(c1)NCC2)C1CNCc2[nH]c(=O)c3cc(F)c(F)cc3c21. The maximum atomic E-state index is 14.0. The van der Waals surface area contributed by atoms with Gasteiger partial charge < -0.3 is 20.5 Å². The number of nitrogens with zero attached hydrogens (tertiary/aromatic N) is 1. The zero-order chi connectivity index (χ0) is 21.0. The number of likely N-dealkylation sites (N-methyl/N-ethyl adjacent to an activating group) is 1. The Morgan fingerprint density at radius 3 is 2.70 bits per heavy atom. The largest absolute Gasteiger partial charge is 0.384 e. The van der Waals surface area contributed by atoms with E-state index >= 15 is 0 Å². The third-order valence-corrected chi connectivity index (χ3v) is 6.01. The number of nitrogens with one attached hydrogen (secondary N) is 3. The maximum absolute atomic E-state index is 14.0. The molecule has 2 aliphatic heterocycles. The number of carbonyl (C=O) groups is 1. The van der Waals surface area contributed by atoms with Gasteiger partial charge in [-0.3, -0.25) is 9.59 Å². The predicted octanol–water partition coefficient (Wildman–Crippen LogP) is 2.69. The van der Waals surface area contributed by atoms with Crippen LogP contribution in [0.25, 0.3) is 10.8 Å². The van der Waals surface area contributed by atoms with Gasteiger partial charge in [0, 0.05) is 49.2 Å². The molecule has 0 spiro atoms. The lowest BCUT2D eigenvalue weighted by atomic mass is 9.93. The Morgan fingerprint density at radius 2 is 1.90 bits per heavy atom. The quantitative estimate of drug-likeness (QED) is 0.607. The first-order valence-corrected chi connectivity index (χ1v) is 9.82. The second-order valence-electron chi connectivity index (χ2n) is 7.77. The number of rotatable bonds is 2. The Kier molecular flexibility index (Phi) is 4.32. The summed E-state index contributed by atoms with van der Waals surface area (Å²) in [6.45, 7) is 1.66. The van der Waals surface area contributed by atoms with Crippen molar-refractivity contribution in [3.8, 4) is 0 Å². The van der Waals surface area contributed by atoms with Gasteiger partial charge in [-0.05, 0) is 41.6 Å². The summed E-state index contributed by atoms with van der Waals surface area (Å²) in [5, 5.41) is 6.86. The highest BCUT2D eigenvalue weighted by atomic mass is 19.2. The first kappa shape index (κ1) is 18.7. The number of amides is 1. The molecule has 3 N–H and O–H groups in total. The lowest BCUT2D eigenvalue weighted by Crippen LogP contribution is -2.42. The molecule has 8 heteroatoms.